The highest BCUT2D eigenvalue weighted by Gasteiger charge is 2.30. The lowest BCUT2D eigenvalue weighted by molar-refractivity contribution is -0.142. The number of carboxylic acid groups (broad SMARTS) is 1. The Balaban J connectivity index is 1.47. The molecule has 1 saturated carbocycles. The van der Waals surface area contributed by atoms with Crippen LogP contribution in [0.15, 0.2) is 24.3 Å². The van der Waals surface area contributed by atoms with Gasteiger partial charge in [-0.1, -0.05) is 0 Å². The van der Waals surface area contributed by atoms with Crippen molar-refractivity contribution in [2.24, 2.45) is 5.92 Å². The standard InChI is InChI=1S/C20H23FN2O2S/c21-14-8-4-12(5-9-14)19-23-18-16(2-1-3-17(18)26-19)22-15-10-6-13(7-11-15)20(24)25/h4-5,8-9,13,15-16,22H,1-3,6-7,10-11H2,(H,24,25). The molecule has 26 heavy (non-hydrogen) atoms. The summed E-state index contributed by atoms with van der Waals surface area (Å²) in [5.41, 5.74) is 2.10. The number of benzene rings is 1. The molecule has 1 heterocycles. The highest BCUT2D eigenvalue weighted by molar-refractivity contribution is 7.15. The first-order valence-corrected chi connectivity index (χ1v) is 10.2. The largest absolute Gasteiger partial charge is 0.481 e. The quantitative estimate of drug-likeness (QED) is 0.824. The third kappa shape index (κ3) is 3.67. The highest BCUT2D eigenvalue weighted by Crippen LogP contribution is 2.38. The van der Waals surface area contributed by atoms with Crippen molar-refractivity contribution in [1.29, 1.82) is 0 Å². The predicted octanol–water partition coefficient (Wildman–Crippen LogP) is 4.56. The Labute approximate surface area is 156 Å². The first-order chi connectivity index (χ1) is 12.6. The topological polar surface area (TPSA) is 62.2 Å². The fourth-order valence-corrected chi connectivity index (χ4v) is 5.26. The number of thiazole rings is 1. The molecule has 1 atom stereocenters. The summed E-state index contributed by atoms with van der Waals surface area (Å²) in [7, 11) is 0. The molecule has 0 spiro atoms. The summed E-state index contributed by atoms with van der Waals surface area (Å²) >= 11 is 1.71. The van der Waals surface area contributed by atoms with Crippen LogP contribution in [0.4, 0.5) is 4.39 Å². The van der Waals surface area contributed by atoms with Crippen molar-refractivity contribution < 1.29 is 14.3 Å². The average molecular weight is 374 g/mol. The van der Waals surface area contributed by atoms with Crippen LogP contribution in [0.5, 0.6) is 0 Å². The van der Waals surface area contributed by atoms with Crippen LogP contribution in [-0.2, 0) is 11.2 Å². The number of halogens is 1. The zero-order valence-corrected chi connectivity index (χ0v) is 15.4. The SMILES string of the molecule is O=C(O)C1CCC(NC2CCCc3sc(-c4ccc(F)cc4)nc32)CC1. The van der Waals surface area contributed by atoms with Crippen molar-refractivity contribution in [3.05, 3.63) is 40.7 Å². The van der Waals surface area contributed by atoms with E-state index in [9.17, 15) is 9.18 Å². The van der Waals surface area contributed by atoms with Crippen LogP contribution in [-0.4, -0.2) is 22.1 Å². The molecule has 2 aromatic rings. The number of aliphatic carboxylic acids is 1. The van der Waals surface area contributed by atoms with E-state index in [2.05, 4.69) is 5.32 Å². The van der Waals surface area contributed by atoms with Crippen molar-refractivity contribution in [2.45, 2.75) is 57.0 Å². The van der Waals surface area contributed by atoms with Gasteiger partial charge in [0.05, 0.1) is 17.7 Å². The van der Waals surface area contributed by atoms with Crippen LogP contribution in [0.25, 0.3) is 10.6 Å². The number of rotatable bonds is 4. The monoisotopic (exact) mass is 374 g/mol. The molecule has 4 nitrogen and oxygen atoms in total. The summed E-state index contributed by atoms with van der Waals surface area (Å²) in [5.74, 6) is -1.07. The number of nitrogens with zero attached hydrogens (tertiary/aromatic N) is 1. The summed E-state index contributed by atoms with van der Waals surface area (Å²) in [4.78, 5) is 17.3. The van der Waals surface area contributed by atoms with Gasteiger partial charge >= 0.3 is 5.97 Å². The van der Waals surface area contributed by atoms with Crippen molar-refractivity contribution in [3.63, 3.8) is 0 Å². The van der Waals surface area contributed by atoms with Crippen molar-refractivity contribution in [2.75, 3.05) is 0 Å². The maximum Gasteiger partial charge on any atom is 0.306 e. The first-order valence-electron chi connectivity index (χ1n) is 9.34. The molecule has 6 heteroatoms. The van der Waals surface area contributed by atoms with E-state index in [1.807, 2.05) is 0 Å². The second kappa shape index (κ2) is 7.45. The van der Waals surface area contributed by atoms with E-state index in [0.29, 0.717) is 6.04 Å². The molecule has 0 bridgehead atoms. The van der Waals surface area contributed by atoms with Crippen LogP contribution in [0.3, 0.4) is 0 Å². The van der Waals surface area contributed by atoms with Gasteiger partial charge in [-0.15, -0.1) is 11.3 Å². The van der Waals surface area contributed by atoms with Crippen LogP contribution in [0, 0.1) is 11.7 Å². The van der Waals surface area contributed by atoms with E-state index in [0.717, 1.165) is 61.2 Å². The fourth-order valence-electron chi connectivity index (χ4n) is 4.09. The number of nitrogens with one attached hydrogen (secondary N) is 1. The smallest absolute Gasteiger partial charge is 0.306 e. The van der Waals surface area contributed by atoms with Gasteiger partial charge in [0, 0.05) is 16.5 Å². The Bertz CT molecular complexity index is 782. The minimum Gasteiger partial charge on any atom is -0.481 e. The van der Waals surface area contributed by atoms with Gasteiger partial charge in [0.25, 0.3) is 0 Å². The van der Waals surface area contributed by atoms with Crippen LogP contribution in [0.1, 0.15) is 55.1 Å². The molecular formula is C20H23FN2O2S. The zero-order valence-electron chi connectivity index (χ0n) is 14.6. The van der Waals surface area contributed by atoms with Crippen LogP contribution < -0.4 is 5.32 Å². The molecular weight excluding hydrogens is 351 g/mol. The Morgan fingerprint density at radius 3 is 2.58 bits per heavy atom. The van der Waals surface area contributed by atoms with E-state index in [-0.39, 0.29) is 17.8 Å². The van der Waals surface area contributed by atoms with Gasteiger partial charge in [0.2, 0.25) is 0 Å². The second-order valence-corrected chi connectivity index (χ2v) is 8.42. The predicted molar refractivity (Wildman–Crippen MR) is 99.7 cm³/mol. The molecule has 1 aromatic heterocycles. The number of carboxylic acids is 1. The highest BCUT2D eigenvalue weighted by atomic mass is 32.1. The molecule has 0 aliphatic heterocycles. The Morgan fingerprint density at radius 1 is 1.15 bits per heavy atom. The van der Waals surface area contributed by atoms with E-state index in [1.54, 1.807) is 23.5 Å². The molecule has 0 radical (unpaired) electrons. The molecule has 1 unspecified atom stereocenters. The molecule has 2 aliphatic carbocycles. The lowest BCUT2D eigenvalue weighted by Gasteiger charge is -2.32. The Morgan fingerprint density at radius 2 is 1.88 bits per heavy atom. The maximum atomic E-state index is 13.2. The molecule has 0 saturated heterocycles. The van der Waals surface area contributed by atoms with E-state index in [4.69, 9.17) is 10.1 Å². The van der Waals surface area contributed by atoms with E-state index < -0.39 is 5.97 Å². The number of aromatic nitrogens is 1. The van der Waals surface area contributed by atoms with Crippen LogP contribution >= 0.6 is 11.3 Å². The normalized spacial score (nSPS) is 25.7. The summed E-state index contributed by atoms with van der Waals surface area (Å²) in [6.45, 7) is 0. The summed E-state index contributed by atoms with van der Waals surface area (Å²) in [6, 6.07) is 7.15. The Hall–Kier alpha value is -1.79. The summed E-state index contributed by atoms with van der Waals surface area (Å²) in [6.07, 6.45) is 6.60. The average Bonchev–Trinajstić information content (AvgIpc) is 3.08. The molecule has 1 aromatic carbocycles. The lowest BCUT2D eigenvalue weighted by Crippen LogP contribution is -2.38. The number of carbonyl (C=O) groups is 1. The van der Waals surface area contributed by atoms with Gasteiger partial charge in [-0.3, -0.25) is 4.79 Å². The fraction of sp³-hybridized carbons (Fsp3) is 0.500. The minimum absolute atomic E-state index is 0.181. The third-order valence-electron chi connectivity index (χ3n) is 5.56. The number of aryl methyl sites for hydroxylation is 1. The second-order valence-electron chi connectivity index (χ2n) is 7.33. The molecule has 4 rings (SSSR count). The molecule has 2 aliphatic rings. The summed E-state index contributed by atoms with van der Waals surface area (Å²) < 4.78 is 13.2. The number of fused-ring (bicyclic) bond motifs is 1. The molecule has 0 amide bonds. The Kier molecular flexibility index (Phi) is 5.05. The van der Waals surface area contributed by atoms with Gasteiger partial charge in [0.1, 0.15) is 10.8 Å². The van der Waals surface area contributed by atoms with Gasteiger partial charge in [-0.2, -0.15) is 0 Å². The molecule has 2 N–H and O–H groups in total. The lowest BCUT2D eigenvalue weighted by atomic mass is 9.85. The molecule has 138 valence electrons. The van der Waals surface area contributed by atoms with Gasteiger partial charge in [0.15, 0.2) is 0 Å². The van der Waals surface area contributed by atoms with E-state index in [1.165, 1.54) is 17.0 Å². The maximum absolute atomic E-state index is 13.2. The minimum atomic E-state index is -0.660. The van der Waals surface area contributed by atoms with Crippen LogP contribution in [0.2, 0.25) is 0 Å². The van der Waals surface area contributed by atoms with Crippen molar-refractivity contribution >= 4 is 17.3 Å². The van der Waals surface area contributed by atoms with Crippen molar-refractivity contribution in [1.82, 2.24) is 10.3 Å². The first kappa shape index (κ1) is 17.6. The van der Waals surface area contributed by atoms with Gasteiger partial charge < -0.3 is 10.4 Å². The number of hydrogen-bond acceptors (Lipinski definition) is 4. The molecule has 1 fully saturated rings. The van der Waals surface area contributed by atoms with Crippen molar-refractivity contribution in [3.8, 4) is 10.6 Å². The van der Waals surface area contributed by atoms with Gasteiger partial charge in [-0.25, -0.2) is 9.37 Å². The third-order valence-corrected chi connectivity index (χ3v) is 6.74. The van der Waals surface area contributed by atoms with Gasteiger partial charge in [-0.05, 0) is 69.2 Å². The summed E-state index contributed by atoms with van der Waals surface area (Å²) in [5, 5.41) is 13.8. The number of hydrogen-bond donors (Lipinski definition) is 2. The zero-order chi connectivity index (χ0) is 18.1. The van der Waals surface area contributed by atoms with E-state index >= 15 is 0 Å².